The number of aromatic nitrogens is 2. The molecule has 1 aliphatic rings. The number of hydrogen-bond acceptors (Lipinski definition) is 4. The van der Waals surface area contributed by atoms with Gasteiger partial charge in [-0.25, -0.2) is 0 Å². The van der Waals surface area contributed by atoms with Crippen LogP contribution in [0.15, 0.2) is 59.1 Å². The number of carbonyl (C=O) groups is 1. The standard InChI is InChI=1S/C21H21N3O2/c1-15-9-5-6-12-17(15)19-22-20(26-23-19)18-13-7-8-14-24(18)21(25)16-10-3-2-4-11-16/h2-6,9-12,18H,7-8,13-14H2,1H3/t18-/m0/s1. The van der Waals surface area contributed by atoms with Gasteiger partial charge in [-0.2, -0.15) is 4.98 Å². The predicted molar refractivity (Wildman–Crippen MR) is 98.5 cm³/mol. The number of amides is 1. The van der Waals surface area contributed by atoms with Gasteiger partial charge in [-0.05, 0) is 43.9 Å². The fraction of sp³-hybridized carbons (Fsp3) is 0.286. The molecule has 0 aliphatic carbocycles. The summed E-state index contributed by atoms with van der Waals surface area (Å²) >= 11 is 0. The Morgan fingerprint density at radius 1 is 1.08 bits per heavy atom. The number of rotatable bonds is 3. The topological polar surface area (TPSA) is 59.2 Å². The molecule has 0 N–H and O–H groups in total. The van der Waals surface area contributed by atoms with Crippen molar-refractivity contribution in [3.63, 3.8) is 0 Å². The number of piperidine rings is 1. The number of carbonyl (C=O) groups excluding carboxylic acids is 1. The van der Waals surface area contributed by atoms with Gasteiger partial charge in [0.15, 0.2) is 0 Å². The van der Waals surface area contributed by atoms with Gasteiger partial charge in [0.25, 0.3) is 5.91 Å². The second-order valence-electron chi connectivity index (χ2n) is 6.65. The maximum Gasteiger partial charge on any atom is 0.254 e. The van der Waals surface area contributed by atoms with E-state index >= 15 is 0 Å². The quantitative estimate of drug-likeness (QED) is 0.704. The van der Waals surface area contributed by atoms with Crippen molar-refractivity contribution in [2.45, 2.75) is 32.2 Å². The van der Waals surface area contributed by atoms with Crippen LogP contribution in [0.2, 0.25) is 0 Å². The molecular weight excluding hydrogens is 326 g/mol. The molecule has 0 bridgehead atoms. The molecule has 1 fully saturated rings. The summed E-state index contributed by atoms with van der Waals surface area (Å²) in [7, 11) is 0. The van der Waals surface area contributed by atoms with Gasteiger partial charge in [0.1, 0.15) is 6.04 Å². The van der Waals surface area contributed by atoms with Gasteiger partial charge < -0.3 is 9.42 Å². The molecule has 26 heavy (non-hydrogen) atoms. The third-order valence-electron chi connectivity index (χ3n) is 4.90. The molecule has 0 radical (unpaired) electrons. The van der Waals surface area contributed by atoms with Gasteiger partial charge in [0, 0.05) is 17.7 Å². The second-order valence-corrected chi connectivity index (χ2v) is 6.65. The molecular formula is C21H21N3O2. The summed E-state index contributed by atoms with van der Waals surface area (Å²) < 4.78 is 5.57. The highest BCUT2D eigenvalue weighted by atomic mass is 16.5. The third kappa shape index (κ3) is 3.12. The lowest BCUT2D eigenvalue weighted by Crippen LogP contribution is -2.38. The molecule has 0 saturated carbocycles. The zero-order chi connectivity index (χ0) is 17.9. The van der Waals surface area contributed by atoms with Gasteiger partial charge >= 0.3 is 0 Å². The fourth-order valence-corrected chi connectivity index (χ4v) is 3.48. The van der Waals surface area contributed by atoms with Crippen LogP contribution in [0.25, 0.3) is 11.4 Å². The third-order valence-corrected chi connectivity index (χ3v) is 4.90. The molecule has 0 spiro atoms. The summed E-state index contributed by atoms with van der Waals surface area (Å²) in [6.45, 7) is 2.73. The van der Waals surface area contributed by atoms with Crippen LogP contribution in [0.5, 0.6) is 0 Å². The van der Waals surface area contributed by atoms with Gasteiger partial charge in [0.2, 0.25) is 11.7 Å². The van der Waals surface area contributed by atoms with E-state index in [9.17, 15) is 4.79 Å². The Morgan fingerprint density at radius 2 is 1.85 bits per heavy atom. The van der Waals surface area contributed by atoms with Crippen LogP contribution in [0.4, 0.5) is 0 Å². The molecule has 5 heteroatoms. The van der Waals surface area contributed by atoms with Crippen LogP contribution < -0.4 is 0 Å². The Labute approximate surface area is 152 Å². The van der Waals surface area contributed by atoms with Crippen molar-refractivity contribution in [1.82, 2.24) is 15.0 Å². The van der Waals surface area contributed by atoms with Crippen molar-refractivity contribution in [2.75, 3.05) is 6.54 Å². The lowest BCUT2D eigenvalue weighted by Gasteiger charge is -2.33. The summed E-state index contributed by atoms with van der Waals surface area (Å²) in [5.74, 6) is 1.12. The molecule has 1 amide bonds. The number of hydrogen-bond donors (Lipinski definition) is 0. The van der Waals surface area contributed by atoms with Crippen LogP contribution in [0.3, 0.4) is 0 Å². The number of likely N-dealkylation sites (tertiary alicyclic amines) is 1. The summed E-state index contributed by atoms with van der Waals surface area (Å²) in [5, 5.41) is 4.16. The highest BCUT2D eigenvalue weighted by Gasteiger charge is 2.32. The van der Waals surface area contributed by atoms with E-state index < -0.39 is 0 Å². The number of benzene rings is 2. The zero-order valence-electron chi connectivity index (χ0n) is 14.8. The smallest absolute Gasteiger partial charge is 0.254 e. The van der Waals surface area contributed by atoms with Crippen molar-refractivity contribution >= 4 is 5.91 Å². The molecule has 2 heterocycles. The van der Waals surface area contributed by atoms with Crippen LogP contribution in [0, 0.1) is 6.92 Å². The molecule has 1 aliphatic heterocycles. The minimum atomic E-state index is -0.165. The Bertz CT molecular complexity index is 904. The zero-order valence-corrected chi connectivity index (χ0v) is 14.8. The summed E-state index contributed by atoms with van der Waals surface area (Å²) in [4.78, 5) is 19.4. The highest BCUT2D eigenvalue weighted by Crippen LogP contribution is 2.32. The van der Waals surface area contributed by atoms with E-state index in [-0.39, 0.29) is 11.9 Å². The minimum Gasteiger partial charge on any atom is -0.337 e. The Morgan fingerprint density at radius 3 is 2.65 bits per heavy atom. The summed E-state index contributed by atoms with van der Waals surface area (Å²) in [5.41, 5.74) is 2.75. The highest BCUT2D eigenvalue weighted by molar-refractivity contribution is 5.94. The molecule has 2 aromatic carbocycles. The molecule has 1 atom stereocenters. The van der Waals surface area contributed by atoms with E-state index in [0.717, 1.165) is 30.4 Å². The maximum absolute atomic E-state index is 13.0. The first kappa shape index (κ1) is 16.5. The first-order valence-corrected chi connectivity index (χ1v) is 8.99. The molecule has 0 unspecified atom stereocenters. The largest absolute Gasteiger partial charge is 0.337 e. The monoisotopic (exact) mass is 347 g/mol. The second kappa shape index (κ2) is 7.12. The molecule has 4 rings (SSSR count). The van der Waals surface area contributed by atoms with Gasteiger partial charge in [0.05, 0.1) is 0 Å². The lowest BCUT2D eigenvalue weighted by atomic mass is 10.0. The lowest BCUT2D eigenvalue weighted by molar-refractivity contribution is 0.0561. The average Bonchev–Trinajstić information content (AvgIpc) is 3.18. The summed E-state index contributed by atoms with van der Waals surface area (Å²) in [6.07, 6.45) is 2.88. The molecule has 3 aromatic rings. The molecule has 1 saturated heterocycles. The minimum absolute atomic E-state index is 0.0194. The van der Waals surface area contributed by atoms with E-state index in [1.54, 1.807) is 0 Å². The summed E-state index contributed by atoms with van der Waals surface area (Å²) in [6, 6.07) is 17.2. The van der Waals surface area contributed by atoms with Crippen molar-refractivity contribution in [3.8, 4) is 11.4 Å². The fourth-order valence-electron chi connectivity index (χ4n) is 3.48. The van der Waals surface area contributed by atoms with Crippen LogP contribution in [-0.4, -0.2) is 27.5 Å². The maximum atomic E-state index is 13.0. The average molecular weight is 347 g/mol. The number of nitrogens with zero attached hydrogens (tertiary/aromatic N) is 3. The van der Waals surface area contributed by atoms with Crippen molar-refractivity contribution in [2.24, 2.45) is 0 Å². The Hall–Kier alpha value is -2.95. The van der Waals surface area contributed by atoms with Crippen LogP contribution >= 0.6 is 0 Å². The van der Waals surface area contributed by atoms with E-state index in [1.807, 2.05) is 66.4 Å². The Kier molecular flexibility index (Phi) is 4.52. The van der Waals surface area contributed by atoms with Gasteiger partial charge in [-0.3, -0.25) is 4.79 Å². The van der Waals surface area contributed by atoms with E-state index in [4.69, 9.17) is 4.52 Å². The van der Waals surface area contributed by atoms with Crippen LogP contribution in [0.1, 0.15) is 47.1 Å². The van der Waals surface area contributed by atoms with Crippen molar-refractivity contribution < 1.29 is 9.32 Å². The first-order valence-electron chi connectivity index (χ1n) is 8.99. The van der Waals surface area contributed by atoms with Gasteiger partial charge in [-0.15, -0.1) is 0 Å². The van der Waals surface area contributed by atoms with E-state index in [1.165, 1.54) is 0 Å². The van der Waals surface area contributed by atoms with E-state index in [0.29, 0.717) is 23.8 Å². The molecule has 1 aromatic heterocycles. The predicted octanol–water partition coefficient (Wildman–Crippen LogP) is 4.41. The van der Waals surface area contributed by atoms with E-state index in [2.05, 4.69) is 10.1 Å². The van der Waals surface area contributed by atoms with Gasteiger partial charge in [-0.1, -0.05) is 47.6 Å². The number of aryl methyl sites for hydroxylation is 1. The molecule has 132 valence electrons. The van der Waals surface area contributed by atoms with Crippen LogP contribution in [-0.2, 0) is 0 Å². The van der Waals surface area contributed by atoms with Crippen molar-refractivity contribution in [3.05, 3.63) is 71.6 Å². The SMILES string of the molecule is Cc1ccccc1-c1noc([C@@H]2CCCCN2C(=O)c2ccccc2)n1. The molecule has 5 nitrogen and oxygen atoms in total. The first-order chi connectivity index (χ1) is 12.7. The Balaban J connectivity index is 1.63. The normalized spacial score (nSPS) is 17.3. The van der Waals surface area contributed by atoms with Crippen molar-refractivity contribution in [1.29, 1.82) is 0 Å².